The van der Waals surface area contributed by atoms with Gasteiger partial charge in [0.25, 0.3) is 0 Å². The van der Waals surface area contributed by atoms with Crippen LogP contribution in [0.25, 0.3) is 0 Å². The summed E-state index contributed by atoms with van der Waals surface area (Å²) in [6.45, 7) is 12.6. The molecule has 0 aliphatic heterocycles. The highest BCUT2D eigenvalue weighted by atomic mass is 14.2. The van der Waals surface area contributed by atoms with E-state index in [0.29, 0.717) is 33.4 Å². The number of hydrogen-bond acceptors (Lipinski definition) is 0. The van der Waals surface area contributed by atoms with Gasteiger partial charge in [-0.2, -0.15) is 0 Å². The van der Waals surface area contributed by atoms with E-state index in [2.05, 4.69) is 88.9 Å². The van der Waals surface area contributed by atoms with Crippen molar-refractivity contribution in [3.05, 3.63) is 68.8 Å². The zero-order valence-electron chi connectivity index (χ0n) is 19.6. The molecule has 0 heteroatoms. The first-order valence-electron chi connectivity index (χ1n) is 10.2. The highest BCUT2D eigenvalue weighted by Gasteiger charge is 2.18. The fourth-order valence-electron chi connectivity index (χ4n) is 3.06. The molecule has 0 saturated heterocycles. The SMILES string of the molecule is C#Cc1cc(C(C)(C)C)cc(C#C)c1C#CC#Cc1c(C#C)cc(C(C)(C)C)cc1C#C. The molecule has 0 aliphatic carbocycles. The molecule has 0 spiro atoms. The molecule has 0 aromatic heterocycles. The fourth-order valence-corrected chi connectivity index (χ4v) is 3.06. The second-order valence-corrected chi connectivity index (χ2v) is 9.47. The minimum Gasteiger partial charge on any atom is -0.115 e. The number of hydrogen-bond donors (Lipinski definition) is 0. The Labute approximate surface area is 194 Å². The molecule has 2 aromatic carbocycles. The van der Waals surface area contributed by atoms with Crippen molar-refractivity contribution in [2.75, 3.05) is 0 Å². The van der Waals surface area contributed by atoms with E-state index < -0.39 is 0 Å². The van der Waals surface area contributed by atoms with E-state index in [1.807, 2.05) is 24.3 Å². The number of terminal acetylenes is 4. The van der Waals surface area contributed by atoms with Crippen molar-refractivity contribution in [2.45, 2.75) is 52.4 Å². The van der Waals surface area contributed by atoms with Gasteiger partial charge in [-0.25, -0.2) is 0 Å². The van der Waals surface area contributed by atoms with Crippen LogP contribution in [0, 0.1) is 73.1 Å². The molecular formula is C32H26. The van der Waals surface area contributed by atoms with Crippen molar-refractivity contribution in [1.82, 2.24) is 0 Å². The van der Waals surface area contributed by atoms with Crippen LogP contribution in [0.1, 0.15) is 86.1 Å². The van der Waals surface area contributed by atoms with Crippen molar-refractivity contribution in [3.8, 4) is 73.1 Å². The zero-order valence-corrected chi connectivity index (χ0v) is 19.6. The van der Waals surface area contributed by atoms with E-state index in [0.717, 1.165) is 11.1 Å². The molecule has 2 aromatic rings. The minimum absolute atomic E-state index is 0.0839. The first-order valence-corrected chi connectivity index (χ1v) is 10.2. The molecule has 0 aliphatic rings. The van der Waals surface area contributed by atoms with Crippen LogP contribution in [0.15, 0.2) is 24.3 Å². The lowest BCUT2D eigenvalue weighted by atomic mass is 9.83. The third-order valence-corrected chi connectivity index (χ3v) is 5.07. The Morgan fingerprint density at radius 2 is 0.750 bits per heavy atom. The second-order valence-electron chi connectivity index (χ2n) is 9.47. The topological polar surface area (TPSA) is 0 Å². The summed E-state index contributed by atoms with van der Waals surface area (Å²) in [6.07, 6.45) is 23.0. The van der Waals surface area contributed by atoms with Crippen LogP contribution in [0.3, 0.4) is 0 Å². The van der Waals surface area contributed by atoms with Crippen molar-refractivity contribution >= 4 is 0 Å². The van der Waals surface area contributed by atoms with Crippen molar-refractivity contribution in [1.29, 1.82) is 0 Å². The van der Waals surface area contributed by atoms with Gasteiger partial charge in [-0.15, -0.1) is 25.7 Å². The Kier molecular flexibility index (Phi) is 7.00. The van der Waals surface area contributed by atoms with Crippen LogP contribution < -0.4 is 0 Å². The highest BCUT2D eigenvalue weighted by Crippen LogP contribution is 2.28. The third kappa shape index (κ3) is 5.28. The monoisotopic (exact) mass is 410 g/mol. The summed E-state index contributed by atoms with van der Waals surface area (Å²) in [6, 6.07) is 7.82. The van der Waals surface area contributed by atoms with Crippen LogP contribution in [0.5, 0.6) is 0 Å². The summed E-state index contributed by atoms with van der Waals surface area (Å²) in [5.74, 6) is 22.6. The molecule has 32 heavy (non-hydrogen) atoms. The molecule has 0 atom stereocenters. The Bertz CT molecular complexity index is 1180. The minimum atomic E-state index is -0.0839. The molecule has 0 amide bonds. The number of rotatable bonds is 0. The van der Waals surface area contributed by atoms with Gasteiger partial charge >= 0.3 is 0 Å². The maximum atomic E-state index is 5.74. The number of benzene rings is 2. The molecule has 154 valence electrons. The first kappa shape index (κ1) is 24.1. The molecule has 0 saturated carbocycles. The predicted molar refractivity (Wildman–Crippen MR) is 136 cm³/mol. The average molecular weight is 411 g/mol. The summed E-state index contributed by atoms with van der Waals surface area (Å²) in [7, 11) is 0. The van der Waals surface area contributed by atoms with E-state index in [1.54, 1.807) is 0 Å². The second kappa shape index (κ2) is 9.30. The normalized spacial score (nSPS) is 10.2. The van der Waals surface area contributed by atoms with Crippen molar-refractivity contribution < 1.29 is 0 Å². The molecule has 2 rings (SSSR count). The van der Waals surface area contributed by atoms with Gasteiger partial charge in [0, 0.05) is 22.3 Å². The Hall–Kier alpha value is -4.20. The standard InChI is InChI=1S/C32H26/c1-11-23-19-27(31(5,6)7)20-24(12-2)29(23)17-15-16-18-30-25(13-3)21-28(32(8,9)10)22-26(30)14-4/h1-4,19-22H,5-10H3. The lowest BCUT2D eigenvalue weighted by Crippen LogP contribution is -2.12. The maximum absolute atomic E-state index is 5.74. The Morgan fingerprint density at radius 3 is 0.938 bits per heavy atom. The smallest absolute Gasteiger partial charge is 0.0568 e. The van der Waals surface area contributed by atoms with Crippen molar-refractivity contribution in [2.24, 2.45) is 0 Å². The molecular weight excluding hydrogens is 384 g/mol. The molecule has 0 nitrogen and oxygen atoms in total. The average Bonchev–Trinajstić information content (AvgIpc) is 2.74. The third-order valence-electron chi connectivity index (χ3n) is 5.07. The lowest BCUT2D eigenvalue weighted by Gasteiger charge is -2.20. The highest BCUT2D eigenvalue weighted by molar-refractivity contribution is 5.64. The van der Waals surface area contributed by atoms with E-state index in [1.165, 1.54) is 0 Å². The van der Waals surface area contributed by atoms with Gasteiger partial charge in [0.15, 0.2) is 0 Å². The van der Waals surface area contributed by atoms with Gasteiger partial charge in [-0.05, 0) is 58.1 Å². The van der Waals surface area contributed by atoms with Crippen molar-refractivity contribution in [3.63, 3.8) is 0 Å². The Morgan fingerprint density at radius 1 is 0.500 bits per heavy atom. The van der Waals surface area contributed by atoms with Gasteiger partial charge in [-0.3, -0.25) is 0 Å². The summed E-state index contributed by atoms with van der Waals surface area (Å²) < 4.78 is 0. The van der Waals surface area contributed by atoms with Gasteiger partial charge in [0.05, 0.1) is 11.1 Å². The summed E-state index contributed by atoms with van der Waals surface area (Å²) >= 11 is 0. The largest absolute Gasteiger partial charge is 0.115 e. The van der Waals surface area contributed by atoms with E-state index in [9.17, 15) is 0 Å². The summed E-state index contributed by atoms with van der Waals surface area (Å²) in [5.41, 5.74) is 5.82. The molecule has 0 bridgehead atoms. The van der Waals surface area contributed by atoms with Crippen LogP contribution >= 0.6 is 0 Å². The maximum Gasteiger partial charge on any atom is 0.0568 e. The lowest BCUT2D eigenvalue weighted by molar-refractivity contribution is 0.589. The van der Waals surface area contributed by atoms with Gasteiger partial charge in [-0.1, -0.05) is 77.1 Å². The fraction of sp³-hybridized carbons (Fsp3) is 0.250. The first-order chi connectivity index (χ1) is 15.0. The summed E-state index contributed by atoms with van der Waals surface area (Å²) in [5, 5.41) is 0. The van der Waals surface area contributed by atoms with Crippen LogP contribution in [0.2, 0.25) is 0 Å². The van der Waals surface area contributed by atoms with Crippen LogP contribution in [-0.2, 0) is 10.8 Å². The molecule has 0 heterocycles. The predicted octanol–water partition coefficient (Wildman–Crippen LogP) is 5.61. The zero-order chi connectivity index (χ0) is 24.1. The van der Waals surface area contributed by atoms with E-state index >= 15 is 0 Å². The van der Waals surface area contributed by atoms with Gasteiger partial charge in [0.2, 0.25) is 0 Å². The van der Waals surface area contributed by atoms with Crippen LogP contribution in [0.4, 0.5) is 0 Å². The quantitative estimate of drug-likeness (QED) is 0.495. The molecule has 0 radical (unpaired) electrons. The summed E-state index contributed by atoms with van der Waals surface area (Å²) in [4.78, 5) is 0. The van der Waals surface area contributed by atoms with Gasteiger partial charge < -0.3 is 0 Å². The molecule has 0 N–H and O–H groups in total. The van der Waals surface area contributed by atoms with E-state index in [-0.39, 0.29) is 10.8 Å². The molecule has 0 unspecified atom stereocenters. The van der Waals surface area contributed by atoms with E-state index in [4.69, 9.17) is 25.7 Å². The van der Waals surface area contributed by atoms with Gasteiger partial charge in [0.1, 0.15) is 0 Å². The molecule has 0 fully saturated rings. The Balaban J connectivity index is 2.60. The van der Waals surface area contributed by atoms with Crippen LogP contribution in [-0.4, -0.2) is 0 Å².